The van der Waals surface area contributed by atoms with Gasteiger partial charge in [0.25, 0.3) is 0 Å². The van der Waals surface area contributed by atoms with Gasteiger partial charge in [-0.2, -0.15) is 0 Å². The van der Waals surface area contributed by atoms with Gasteiger partial charge in [-0.3, -0.25) is 0 Å². The highest BCUT2D eigenvalue weighted by Crippen LogP contribution is 2.13. The molecule has 2 heteroatoms. The van der Waals surface area contributed by atoms with Gasteiger partial charge < -0.3 is 9.84 Å². The monoisotopic (exact) mass is 156 g/mol. The molecule has 11 heavy (non-hydrogen) atoms. The molecule has 0 radical (unpaired) electrons. The van der Waals surface area contributed by atoms with Gasteiger partial charge in [0.15, 0.2) is 0 Å². The van der Waals surface area contributed by atoms with Crippen molar-refractivity contribution in [3.8, 4) is 0 Å². The topological polar surface area (TPSA) is 32.8 Å². The first-order chi connectivity index (χ1) is 5.20. The Morgan fingerprint density at radius 1 is 1.64 bits per heavy atom. The normalized spacial score (nSPS) is 28.8. The van der Waals surface area contributed by atoms with Crippen LogP contribution in [0, 0.1) is 5.92 Å². The van der Waals surface area contributed by atoms with Crippen LogP contribution in [0.5, 0.6) is 0 Å². The number of epoxide rings is 1. The second kappa shape index (κ2) is 3.88. The standard InChI is InChI=1S/C9H16O2/c1-7(8(2)10)4-3-5-9-6-11-9/h3,5,7-10H,4,6H2,1-2H3/b5-3-/t7?,8-,9?/m0/s1. The fraction of sp³-hybridized carbons (Fsp3) is 0.778. The van der Waals surface area contributed by atoms with Crippen LogP contribution in [0.4, 0.5) is 0 Å². The quantitative estimate of drug-likeness (QED) is 0.492. The summed E-state index contributed by atoms with van der Waals surface area (Å²) in [4.78, 5) is 0. The van der Waals surface area contributed by atoms with Crippen molar-refractivity contribution in [2.75, 3.05) is 6.61 Å². The van der Waals surface area contributed by atoms with Crippen molar-refractivity contribution in [1.82, 2.24) is 0 Å². The summed E-state index contributed by atoms with van der Waals surface area (Å²) in [5.74, 6) is 0.352. The van der Waals surface area contributed by atoms with E-state index in [1.165, 1.54) is 0 Å². The zero-order chi connectivity index (χ0) is 8.27. The molecule has 1 aliphatic rings. The second-order valence-corrected chi connectivity index (χ2v) is 3.25. The molecular formula is C9H16O2. The molecule has 1 heterocycles. The van der Waals surface area contributed by atoms with E-state index in [4.69, 9.17) is 9.84 Å². The lowest BCUT2D eigenvalue weighted by Gasteiger charge is -2.10. The maximum atomic E-state index is 9.14. The number of rotatable bonds is 4. The summed E-state index contributed by atoms with van der Waals surface area (Å²) in [5.41, 5.74) is 0. The third kappa shape index (κ3) is 3.54. The minimum atomic E-state index is -0.209. The van der Waals surface area contributed by atoms with Crippen molar-refractivity contribution in [3.05, 3.63) is 12.2 Å². The molecule has 0 aromatic carbocycles. The van der Waals surface area contributed by atoms with Gasteiger partial charge in [-0.15, -0.1) is 0 Å². The largest absolute Gasteiger partial charge is 0.393 e. The van der Waals surface area contributed by atoms with Crippen molar-refractivity contribution < 1.29 is 9.84 Å². The van der Waals surface area contributed by atoms with E-state index in [9.17, 15) is 0 Å². The van der Waals surface area contributed by atoms with E-state index in [1.807, 2.05) is 13.8 Å². The first-order valence-electron chi connectivity index (χ1n) is 4.16. The Labute approximate surface area is 67.9 Å². The molecule has 0 spiro atoms. The van der Waals surface area contributed by atoms with Gasteiger partial charge >= 0.3 is 0 Å². The van der Waals surface area contributed by atoms with Gasteiger partial charge in [0.05, 0.1) is 18.8 Å². The van der Waals surface area contributed by atoms with Crippen molar-refractivity contribution >= 4 is 0 Å². The lowest BCUT2D eigenvalue weighted by molar-refractivity contribution is 0.136. The van der Waals surface area contributed by atoms with E-state index >= 15 is 0 Å². The Hall–Kier alpha value is -0.340. The maximum absolute atomic E-state index is 9.14. The first-order valence-corrected chi connectivity index (χ1v) is 4.16. The Bertz CT molecular complexity index is 136. The molecule has 2 unspecified atom stereocenters. The molecule has 0 aromatic heterocycles. The zero-order valence-corrected chi connectivity index (χ0v) is 7.16. The lowest BCUT2D eigenvalue weighted by Crippen LogP contribution is -2.11. The summed E-state index contributed by atoms with van der Waals surface area (Å²) in [6.07, 6.45) is 5.27. The third-order valence-electron chi connectivity index (χ3n) is 2.04. The molecule has 0 aromatic rings. The summed E-state index contributed by atoms with van der Waals surface area (Å²) < 4.78 is 5.00. The van der Waals surface area contributed by atoms with Crippen LogP contribution in [0.15, 0.2) is 12.2 Å². The van der Waals surface area contributed by atoms with Crippen LogP contribution in [-0.4, -0.2) is 23.9 Å². The molecule has 1 saturated heterocycles. The van der Waals surface area contributed by atoms with Crippen molar-refractivity contribution in [2.24, 2.45) is 5.92 Å². The molecule has 1 N–H and O–H groups in total. The summed E-state index contributed by atoms with van der Waals surface area (Å²) in [5, 5.41) is 9.14. The number of ether oxygens (including phenoxy) is 1. The molecule has 2 nitrogen and oxygen atoms in total. The summed E-state index contributed by atoms with van der Waals surface area (Å²) in [7, 11) is 0. The minimum Gasteiger partial charge on any atom is -0.393 e. The average molecular weight is 156 g/mol. The van der Waals surface area contributed by atoms with Crippen molar-refractivity contribution in [1.29, 1.82) is 0 Å². The van der Waals surface area contributed by atoms with Gasteiger partial charge in [-0.1, -0.05) is 19.1 Å². The summed E-state index contributed by atoms with van der Waals surface area (Å²) in [6.45, 7) is 4.74. The van der Waals surface area contributed by atoms with Crippen LogP contribution >= 0.6 is 0 Å². The average Bonchev–Trinajstić information content (AvgIpc) is 2.71. The molecule has 64 valence electrons. The first kappa shape index (κ1) is 8.75. The van der Waals surface area contributed by atoms with E-state index in [1.54, 1.807) is 0 Å². The molecule has 0 aliphatic carbocycles. The number of hydrogen-bond donors (Lipinski definition) is 1. The fourth-order valence-electron chi connectivity index (χ4n) is 0.809. The van der Waals surface area contributed by atoms with Crippen molar-refractivity contribution in [3.63, 3.8) is 0 Å². The van der Waals surface area contributed by atoms with Gasteiger partial charge in [0.2, 0.25) is 0 Å². The van der Waals surface area contributed by atoms with E-state index in [2.05, 4.69) is 12.2 Å². The highest BCUT2D eigenvalue weighted by molar-refractivity contribution is 4.96. The summed E-state index contributed by atoms with van der Waals surface area (Å²) in [6, 6.07) is 0. The molecule has 1 aliphatic heterocycles. The maximum Gasteiger partial charge on any atom is 0.0991 e. The zero-order valence-electron chi connectivity index (χ0n) is 7.16. The molecule has 1 fully saturated rings. The van der Waals surface area contributed by atoms with Crippen LogP contribution in [0.1, 0.15) is 20.3 Å². The highest BCUT2D eigenvalue weighted by atomic mass is 16.6. The summed E-state index contributed by atoms with van der Waals surface area (Å²) >= 11 is 0. The van der Waals surface area contributed by atoms with Crippen LogP contribution in [0.3, 0.4) is 0 Å². The van der Waals surface area contributed by atoms with Gasteiger partial charge in [-0.05, 0) is 19.3 Å². The molecule has 3 atom stereocenters. The Morgan fingerprint density at radius 3 is 2.73 bits per heavy atom. The van der Waals surface area contributed by atoms with E-state index in [0.717, 1.165) is 13.0 Å². The highest BCUT2D eigenvalue weighted by Gasteiger charge is 2.17. The Balaban J connectivity index is 2.09. The smallest absolute Gasteiger partial charge is 0.0991 e. The molecule has 1 rings (SSSR count). The SMILES string of the molecule is CC(C/C=C\C1CO1)[C@H](C)O. The molecule has 0 bridgehead atoms. The van der Waals surface area contributed by atoms with Crippen LogP contribution in [-0.2, 0) is 4.74 Å². The van der Waals surface area contributed by atoms with Gasteiger partial charge in [-0.25, -0.2) is 0 Å². The lowest BCUT2D eigenvalue weighted by atomic mass is 10.0. The Kier molecular flexibility index (Phi) is 3.09. The number of allylic oxidation sites excluding steroid dienone is 1. The minimum absolute atomic E-state index is 0.209. The Morgan fingerprint density at radius 2 is 2.27 bits per heavy atom. The third-order valence-corrected chi connectivity index (χ3v) is 2.04. The molecular weight excluding hydrogens is 140 g/mol. The molecule has 0 saturated carbocycles. The fourth-order valence-corrected chi connectivity index (χ4v) is 0.809. The van der Waals surface area contributed by atoms with Gasteiger partial charge in [0.1, 0.15) is 0 Å². The number of aliphatic hydroxyl groups is 1. The number of hydrogen-bond acceptors (Lipinski definition) is 2. The molecule has 0 amide bonds. The van der Waals surface area contributed by atoms with Crippen molar-refractivity contribution in [2.45, 2.75) is 32.5 Å². The predicted octanol–water partition coefficient (Wildman–Crippen LogP) is 1.35. The second-order valence-electron chi connectivity index (χ2n) is 3.25. The van der Waals surface area contributed by atoms with E-state index in [0.29, 0.717) is 12.0 Å². The number of aliphatic hydroxyl groups excluding tert-OH is 1. The van der Waals surface area contributed by atoms with Crippen LogP contribution in [0.25, 0.3) is 0 Å². The van der Waals surface area contributed by atoms with Crippen LogP contribution in [0.2, 0.25) is 0 Å². The van der Waals surface area contributed by atoms with Crippen LogP contribution < -0.4 is 0 Å². The van der Waals surface area contributed by atoms with Gasteiger partial charge in [0, 0.05) is 0 Å². The van der Waals surface area contributed by atoms with E-state index < -0.39 is 0 Å². The van der Waals surface area contributed by atoms with E-state index in [-0.39, 0.29) is 6.10 Å². The predicted molar refractivity (Wildman–Crippen MR) is 44.3 cm³/mol.